The number of fused-ring (bicyclic) bond motifs is 1. The maximum atomic E-state index is 13.0. The Hall–Kier alpha value is -4.11. The standard InChI is InChI=1S/C29H31N3O5S/c1-7-14-38(34,35)32-20-10-8-18(9-11-20)19-15-23-26(30-17-19)22(16-24(27(23)37-6)29(2,3)4)21-12-13-25(36-5)31-28(21)33/h7-13,15-17,32H,1,14H2,2-6H3,(H,31,33). The van der Waals surface area contributed by atoms with Gasteiger partial charge in [0, 0.05) is 39.5 Å². The van der Waals surface area contributed by atoms with Gasteiger partial charge in [0.15, 0.2) is 5.88 Å². The maximum Gasteiger partial charge on any atom is 0.258 e. The molecule has 9 heteroatoms. The molecule has 0 unspecified atom stereocenters. The Labute approximate surface area is 222 Å². The molecule has 4 aromatic rings. The smallest absolute Gasteiger partial charge is 0.258 e. The monoisotopic (exact) mass is 533 g/mol. The Morgan fingerprint density at radius 3 is 2.29 bits per heavy atom. The van der Waals surface area contributed by atoms with E-state index in [9.17, 15) is 13.2 Å². The number of hydrogen-bond donors (Lipinski definition) is 2. The van der Waals surface area contributed by atoms with Crippen LogP contribution in [0.3, 0.4) is 0 Å². The first-order valence-corrected chi connectivity index (χ1v) is 13.6. The van der Waals surface area contributed by atoms with E-state index in [0.29, 0.717) is 34.0 Å². The Morgan fingerprint density at radius 2 is 1.71 bits per heavy atom. The summed E-state index contributed by atoms with van der Waals surface area (Å²) < 4.78 is 37.7. The van der Waals surface area contributed by atoms with Crippen molar-refractivity contribution in [2.45, 2.75) is 26.2 Å². The van der Waals surface area contributed by atoms with Crippen LogP contribution < -0.4 is 19.8 Å². The molecule has 38 heavy (non-hydrogen) atoms. The van der Waals surface area contributed by atoms with Gasteiger partial charge in [0.1, 0.15) is 5.75 Å². The number of benzene rings is 2. The molecule has 0 bridgehead atoms. The molecule has 0 spiro atoms. The maximum absolute atomic E-state index is 13.0. The zero-order valence-electron chi connectivity index (χ0n) is 22.1. The molecule has 0 amide bonds. The molecule has 2 aromatic carbocycles. The number of ether oxygens (including phenoxy) is 2. The van der Waals surface area contributed by atoms with Crippen molar-refractivity contribution >= 4 is 26.6 Å². The number of aromatic amines is 1. The van der Waals surface area contributed by atoms with Gasteiger partial charge in [0.2, 0.25) is 10.0 Å². The van der Waals surface area contributed by atoms with E-state index in [4.69, 9.17) is 14.5 Å². The second-order valence-corrected chi connectivity index (χ2v) is 11.7. The first-order chi connectivity index (χ1) is 18.0. The van der Waals surface area contributed by atoms with E-state index >= 15 is 0 Å². The van der Waals surface area contributed by atoms with Crippen LogP contribution in [-0.2, 0) is 15.4 Å². The molecule has 0 aliphatic heterocycles. The summed E-state index contributed by atoms with van der Waals surface area (Å²) in [5, 5.41) is 0.762. The molecule has 8 nitrogen and oxygen atoms in total. The minimum Gasteiger partial charge on any atom is -0.496 e. The SMILES string of the molecule is C=CCS(=O)(=O)Nc1ccc(-c2cnc3c(-c4ccc(OC)[nH]c4=O)cc(C(C)(C)C)c(OC)c3c2)cc1. The van der Waals surface area contributed by atoms with Crippen LogP contribution in [0, 0.1) is 0 Å². The predicted molar refractivity (Wildman–Crippen MR) is 153 cm³/mol. The van der Waals surface area contributed by atoms with Crippen LogP contribution in [0.2, 0.25) is 0 Å². The number of pyridine rings is 2. The van der Waals surface area contributed by atoms with Crippen molar-refractivity contribution in [1.29, 1.82) is 0 Å². The number of H-pyrrole nitrogens is 1. The second-order valence-electron chi connectivity index (χ2n) is 9.89. The quantitative estimate of drug-likeness (QED) is 0.290. The van der Waals surface area contributed by atoms with Crippen LogP contribution in [-0.4, -0.2) is 38.4 Å². The van der Waals surface area contributed by atoms with E-state index in [2.05, 4.69) is 37.1 Å². The Bertz CT molecular complexity index is 1670. The lowest BCUT2D eigenvalue weighted by Gasteiger charge is -2.25. The highest BCUT2D eigenvalue weighted by Gasteiger charge is 2.25. The summed E-state index contributed by atoms with van der Waals surface area (Å²) in [6, 6.07) is 14.4. The summed E-state index contributed by atoms with van der Waals surface area (Å²) in [5.74, 6) is 0.890. The van der Waals surface area contributed by atoms with Crippen molar-refractivity contribution < 1.29 is 17.9 Å². The number of nitrogens with zero attached hydrogens (tertiary/aromatic N) is 1. The van der Waals surface area contributed by atoms with E-state index < -0.39 is 10.0 Å². The summed E-state index contributed by atoms with van der Waals surface area (Å²) in [6.45, 7) is 9.73. The lowest BCUT2D eigenvalue weighted by Crippen LogP contribution is -2.15. The zero-order valence-corrected chi connectivity index (χ0v) is 22.9. The van der Waals surface area contributed by atoms with E-state index in [0.717, 1.165) is 22.1 Å². The van der Waals surface area contributed by atoms with Crippen LogP contribution in [0.25, 0.3) is 33.2 Å². The number of hydrogen-bond acceptors (Lipinski definition) is 6. The number of anilines is 1. The number of nitrogens with one attached hydrogen (secondary N) is 2. The fourth-order valence-corrected chi connectivity index (χ4v) is 5.20. The van der Waals surface area contributed by atoms with Gasteiger partial charge in [0.25, 0.3) is 5.56 Å². The normalized spacial score (nSPS) is 11.8. The van der Waals surface area contributed by atoms with Crippen LogP contribution in [0.15, 0.2) is 72.2 Å². The average Bonchev–Trinajstić information content (AvgIpc) is 2.87. The van der Waals surface area contributed by atoms with Gasteiger partial charge in [-0.1, -0.05) is 39.0 Å². The van der Waals surface area contributed by atoms with E-state index in [1.807, 2.05) is 24.3 Å². The number of rotatable bonds is 8. The molecule has 0 radical (unpaired) electrons. The minimum absolute atomic E-state index is 0.168. The van der Waals surface area contributed by atoms with Crippen LogP contribution in [0.1, 0.15) is 26.3 Å². The highest BCUT2D eigenvalue weighted by molar-refractivity contribution is 7.92. The third kappa shape index (κ3) is 5.43. The lowest BCUT2D eigenvalue weighted by molar-refractivity contribution is 0.397. The van der Waals surface area contributed by atoms with Gasteiger partial charge in [0.05, 0.1) is 25.5 Å². The van der Waals surface area contributed by atoms with Gasteiger partial charge in [-0.3, -0.25) is 19.5 Å². The summed E-state index contributed by atoms with van der Waals surface area (Å²) >= 11 is 0. The number of aromatic nitrogens is 2. The largest absolute Gasteiger partial charge is 0.496 e. The van der Waals surface area contributed by atoms with Crippen LogP contribution in [0.4, 0.5) is 5.69 Å². The molecular formula is C29H31N3O5S. The number of methoxy groups -OCH3 is 2. The highest BCUT2D eigenvalue weighted by atomic mass is 32.2. The topological polar surface area (TPSA) is 110 Å². The molecule has 0 saturated heterocycles. The molecule has 0 fully saturated rings. The van der Waals surface area contributed by atoms with Gasteiger partial charge in [-0.2, -0.15) is 0 Å². The summed E-state index contributed by atoms with van der Waals surface area (Å²) in [5.41, 5.74) is 4.28. The second kappa shape index (κ2) is 10.3. The fraction of sp³-hybridized carbons (Fsp3) is 0.241. The van der Waals surface area contributed by atoms with Gasteiger partial charge in [-0.15, -0.1) is 6.58 Å². The van der Waals surface area contributed by atoms with Gasteiger partial charge >= 0.3 is 0 Å². The van der Waals surface area contributed by atoms with Gasteiger partial charge < -0.3 is 9.47 Å². The van der Waals surface area contributed by atoms with Crippen molar-refractivity contribution in [3.8, 4) is 33.9 Å². The van der Waals surface area contributed by atoms with Crippen molar-refractivity contribution in [3.63, 3.8) is 0 Å². The van der Waals surface area contributed by atoms with Gasteiger partial charge in [-0.05, 0) is 47.4 Å². The molecule has 2 aromatic heterocycles. The van der Waals surface area contributed by atoms with Crippen molar-refractivity contribution in [1.82, 2.24) is 9.97 Å². The number of sulfonamides is 1. The average molecular weight is 534 g/mol. The van der Waals surface area contributed by atoms with Crippen molar-refractivity contribution in [2.24, 2.45) is 0 Å². The predicted octanol–water partition coefficient (Wildman–Crippen LogP) is 5.50. The molecule has 198 valence electrons. The van der Waals surface area contributed by atoms with Crippen LogP contribution in [0.5, 0.6) is 11.6 Å². The molecule has 4 rings (SSSR count). The third-order valence-electron chi connectivity index (χ3n) is 6.15. The molecule has 0 aliphatic rings. The lowest BCUT2D eigenvalue weighted by atomic mass is 9.83. The zero-order chi connectivity index (χ0) is 27.7. The van der Waals surface area contributed by atoms with Crippen molar-refractivity contribution in [2.75, 3.05) is 24.7 Å². The Morgan fingerprint density at radius 1 is 1.00 bits per heavy atom. The molecule has 2 heterocycles. The van der Waals surface area contributed by atoms with E-state index in [1.54, 1.807) is 37.6 Å². The Balaban J connectivity index is 1.89. The van der Waals surface area contributed by atoms with E-state index in [1.165, 1.54) is 13.2 Å². The Kier molecular flexibility index (Phi) is 7.33. The molecule has 0 aliphatic carbocycles. The molecule has 0 atom stereocenters. The molecule has 0 saturated carbocycles. The first-order valence-electron chi connectivity index (χ1n) is 12.0. The fourth-order valence-electron chi connectivity index (χ4n) is 4.31. The third-order valence-corrected chi connectivity index (χ3v) is 7.38. The minimum atomic E-state index is -3.49. The summed E-state index contributed by atoms with van der Waals surface area (Å²) in [6.07, 6.45) is 3.07. The van der Waals surface area contributed by atoms with Crippen molar-refractivity contribution in [3.05, 3.63) is 83.3 Å². The van der Waals surface area contributed by atoms with Crippen LogP contribution >= 0.6 is 0 Å². The first kappa shape index (κ1) is 26.9. The van der Waals surface area contributed by atoms with Gasteiger partial charge in [-0.25, -0.2) is 8.42 Å². The van der Waals surface area contributed by atoms with E-state index in [-0.39, 0.29) is 16.7 Å². The molecule has 2 N–H and O–H groups in total. The molecular weight excluding hydrogens is 502 g/mol. The summed E-state index contributed by atoms with van der Waals surface area (Å²) in [7, 11) is -0.368. The summed E-state index contributed by atoms with van der Waals surface area (Å²) in [4.78, 5) is 20.5. The highest BCUT2D eigenvalue weighted by Crippen LogP contribution is 2.42.